The molecule has 2 aromatic rings. The Morgan fingerprint density at radius 1 is 1.33 bits per heavy atom. The van der Waals surface area contributed by atoms with Gasteiger partial charge >= 0.3 is 0 Å². The molecule has 18 heavy (non-hydrogen) atoms. The Morgan fingerprint density at radius 3 is 2.72 bits per heavy atom. The molecule has 0 spiro atoms. The van der Waals surface area contributed by atoms with E-state index >= 15 is 0 Å². The van der Waals surface area contributed by atoms with Crippen LogP contribution in [0, 0.1) is 6.92 Å². The zero-order valence-corrected chi connectivity index (χ0v) is 11.7. The van der Waals surface area contributed by atoms with Crippen LogP contribution in [0.5, 0.6) is 0 Å². The van der Waals surface area contributed by atoms with Crippen molar-refractivity contribution in [3.8, 4) is 0 Å². The first kappa shape index (κ1) is 12.8. The second-order valence-corrected chi connectivity index (χ2v) is 5.51. The van der Waals surface area contributed by atoms with Crippen LogP contribution in [0.25, 0.3) is 5.65 Å². The van der Waals surface area contributed by atoms with E-state index in [1.807, 2.05) is 10.6 Å². The van der Waals surface area contributed by atoms with Gasteiger partial charge < -0.3 is 10.2 Å². The summed E-state index contributed by atoms with van der Waals surface area (Å²) in [7, 11) is 4.17. The number of pyridine rings is 1. The molecule has 0 aliphatic carbocycles. The summed E-state index contributed by atoms with van der Waals surface area (Å²) in [5.41, 5.74) is 2.14. The second kappa shape index (κ2) is 4.57. The van der Waals surface area contributed by atoms with Crippen LogP contribution in [0.4, 0.5) is 5.82 Å². The highest BCUT2D eigenvalue weighted by molar-refractivity contribution is 5.51. The molecular formula is C13H21N5. The van der Waals surface area contributed by atoms with Gasteiger partial charge in [-0.3, -0.25) is 0 Å². The SMILES string of the molecule is Cc1cc(NCC(C)(C)N(C)C)n2ncnc2c1. The molecule has 1 N–H and O–H groups in total. The highest BCUT2D eigenvalue weighted by Crippen LogP contribution is 2.16. The van der Waals surface area contributed by atoms with Crippen molar-refractivity contribution in [2.45, 2.75) is 26.3 Å². The Hall–Kier alpha value is -1.62. The van der Waals surface area contributed by atoms with Gasteiger partial charge in [-0.1, -0.05) is 0 Å². The van der Waals surface area contributed by atoms with Gasteiger partial charge in [-0.15, -0.1) is 0 Å². The quantitative estimate of drug-likeness (QED) is 0.894. The van der Waals surface area contributed by atoms with Crippen molar-refractivity contribution in [3.63, 3.8) is 0 Å². The number of hydrogen-bond donors (Lipinski definition) is 1. The normalized spacial score (nSPS) is 12.3. The molecule has 2 rings (SSSR count). The van der Waals surface area contributed by atoms with Crippen LogP contribution in [-0.2, 0) is 0 Å². The van der Waals surface area contributed by atoms with Crippen molar-refractivity contribution in [3.05, 3.63) is 24.0 Å². The Balaban J connectivity index is 2.24. The maximum atomic E-state index is 4.23. The molecule has 0 atom stereocenters. The zero-order chi connectivity index (χ0) is 13.3. The third-order valence-corrected chi connectivity index (χ3v) is 3.44. The number of aromatic nitrogens is 3. The van der Waals surface area contributed by atoms with Crippen LogP contribution in [0.1, 0.15) is 19.4 Å². The van der Waals surface area contributed by atoms with Gasteiger partial charge in [0.2, 0.25) is 0 Å². The van der Waals surface area contributed by atoms with Gasteiger partial charge in [-0.05, 0) is 52.6 Å². The van der Waals surface area contributed by atoms with Gasteiger partial charge in [0.05, 0.1) is 0 Å². The molecular weight excluding hydrogens is 226 g/mol. The first-order valence-corrected chi connectivity index (χ1v) is 6.12. The van der Waals surface area contributed by atoms with Gasteiger partial charge in [0.25, 0.3) is 0 Å². The van der Waals surface area contributed by atoms with Crippen molar-refractivity contribution in [1.29, 1.82) is 0 Å². The maximum Gasteiger partial charge on any atom is 0.157 e. The topological polar surface area (TPSA) is 45.5 Å². The van der Waals surface area contributed by atoms with Crippen LogP contribution in [-0.4, -0.2) is 45.7 Å². The Morgan fingerprint density at radius 2 is 2.06 bits per heavy atom. The van der Waals surface area contributed by atoms with Crippen LogP contribution in [0.2, 0.25) is 0 Å². The fourth-order valence-corrected chi connectivity index (χ4v) is 1.65. The van der Waals surface area contributed by atoms with E-state index in [9.17, 15) is 0 Å². The number of nitrogens with zero attached hydrogens (tertiary/aromatic N) is 4. The number of likely N-dealkylation sites (N-methyl/N-ethyl adjacent to an activating group) is 1. The fourth-order valence-electron chi connectivity index (χ4n) is 1.65. The van der Waals surface area contributed by atoms with Crippen LogP contribution >= 0.6 is 0 Å². The van der Waals surface area contributed by atoms with Crippen molar-refractivity contribution in [1.82, 2.24) is 19.5 Å². The average Bonchev–Trinajstić information content (AvgIpc) is 2.73. The molecule has 0 aromatic carbocycles. The van der Waals surface area contributed by atoms with Crippen LogP contribution in [0.15, 0.2) is 18.5 Å². The molecule has 5 nitrogen and oxygen atoms in total. The molecule has 2 aromatic heterocycles. The number of anilines is 1. The summed E-state index contributed by atoms with van der Waals surface area (Å²) in [6.07, 6.45) is 1.58. The van der Waals surface area contributed by atoms with Crippen LogP contribution in [0.3, 0.4) is 0 Å². The predicted molar refractivity (Wildman–Crippen MR) is 74.0 cm³/mol. The Bertz CT molecular complexity index is 541. The van der Waals surface area contributed by atoms with E-state index in [4.69, 9.17) is 0 Å². The second-order valence-electron chi connectivity index (χ2n) is 5.51. The largest absolute Gasteiger partial charge is 0.368 e. The summed E-state index contributed by atoms with van der Waals surface area (Å²) in [5, 5.41) is 7.69. The van der Waals surface area contributed by atoms with Gasteiger partial charge in [0.15, 0.2) is 5.65 Å². The summed E-state index contributed by atoms with van der Waals surface area (Å²) < 4.78 is 1.83. The standard InChI is InChI=1S/C13H21N5/c1-10-6-11(14-8-13(2,3)17(4)5)18-12(7-10)15-9-16-18/h6-7,9,14H,8H2,1-5H3. The fraction of sp³-hybridized carbons (Fsp3) is 0.538. The van der Waals surface area contributed by atoms with Crippen molar-refractivity contribution < 1.29 is 0 Å². The number of nitrogens with one attached hydrogen (secondary N) is 1. The first-order valence-electron chi connectivity index (χ1n) is 6.12. The van der Waals surface area contributed by atoms with Gasteiger partial charge in [-0.25, -0.2) is 4.98 Å². The summed E-state index contributed by atoms with van der Waals surface area (Å²) in [6, 6.07) is 4.11. The molecule has 0 unspecified atom stereocenters. The van der Waals surface area contributed by atoms with E-state index in [0.29, 0.717) is 0 Å². The lowest BCUT2D eigenvalue weighted by Crippen LogP contribution is -2.44. The van der Waals surface area contributed by atoms with E-state index in [1.165, 1.54) is 5.56 Å². The Kier molecular flexibility index (Phi) is 3.26. The summed E-state index contributed by atoms with van der Waals surface area (Å²) in [5.74, 6) is 0.984. The zero-order valence-electron chi connectivity index (χ0n) is 11.7. The van der Waals surface area contributed by atoms with Gasteiger partial charge in [0, 0.05) is 12.1 Å². The molecule has 5 heteroatoms. The highest BCUT2D eigenvalue weighted by Gasteiger charge is 2.20. The molecule has 0 saturated heterocycles. The van der Waals surface area contributed by atoms with Crippen molar-refractivity contribution >= 4 is 11.5 Å². The smallest absolute Gasteiger partial charge is 0.157 e. The lowest BCUT2D eigenvalue weighted by Gasteiger charge is -2.33. The first-order chi connectivity index (χ1) is 8.40. The van der Waals surface area contributed by atoms with E-state index in [-0.39, 0.29) is 5.54 Å². The lowest BCUT2D eigenvalue weighted by atomic mass is 10.0. The molecule has 0 fully saturated rings. The predicted octanol–water partition coefficient (Wildman–Crippen LogP) is 1.79. The van der Waals surface area contributed by atoms with Gasteiger partial charge in [-0.2, -0.15) is 9.61 Å². The molecule has 0 radical (unpaired) electrons. The molecule has 0 bridgehead atoms. The van der Waals surface area contributed by atoms with Crippen molar-refractivity contribution in [2.75, 3.05) is 26.0 Å². The van der Waals surface area contributed by atoms with E-state index < -0.39 is 0 Å². The summed E-state index contributed by atoms with van der Waals surface area (Å²) >= 11 is 0. The minimum absolute atomic E-state index is 0.0800. The molecule has 98 valence electrons. The Labute approximate surface area is 108 Å². The third kappa shape index (κ3) is 2.46. The maximum absolute atomic E-state index is 4.23. The van der Waals surface area contributed by atoms with E-state index in [0.717, 1.165) is 18.0 Å². The number of hydrogen-bond acceptors (Lipinski definition) is 4. The molecule has 0 aliphatic heterocycles. The van der Waals surface area contributed by atoms with Crippen LogP contribution < -0.4 is 5.32 Å². The summed E-state index contributed by atoms with van der Waals surface area (Å²) in [6.45, 7) is 7.32. The number of rotatable bonds is 4. The highest BCUT2D eigenvalue weighted by atomic mass is 15.3. The molecule has 0 saturated carbocycles. The molecule has 0 aliphatic rings. The van der Waals surface area contributed by atoms with E-state index in [2.05, 4.69) is 61.2 Å². The molecule has 0 amide bonds. The van der Waals surface area contributed by atoms with Crippen molar-refractivity contribution in [2.24, 2.45) is 0 Å². The average molecular weight is 247 g/mol. The van der Waals surface area contributed by atoms with Gasteiger partial charge in [0.1, 0.15) is 12.1 Å². The summed E-state index contributed by atoms with van der Waals surface area (Å²) in [4.78, 5) is 6.42. The third-order valence-electron chi connectivity index (χ3n) is 3.44. The number of fused-ring (bicyclic) bond motifs is 1. The minimum atomic E-state index is 0.0800. The lowest BCUT2D eigenvalue weighted by molar-refractivity contribution is 0.210. The number of aryl methyl sites for hydroxylation is 1. The monoisotopic (exact) mass is 247 g/mol. The van der Waals surface area contributed by atoms with E-state index in [1.54, 1.807) is 6.33 Å². The minimum Gasteiger partial charge on any atom is -0.368 e. The molecule has 2 heterocycles.